The summed E-state index contributed by atoms with van der Waals surface area (Å²) >= 11 is 1.92. The molecule has 5 nitrogen and oxygen atoms in total. The second-order valence-electron chi connectivity index (χ2n) is 2.35. The summed E-state index contributed by atoms with van der Waals surface area (Å²) in [7, 11) is 0. The number of hydrogen-bond donors (Lipinski definition) is 2. The Morgan fingerprint density at radius 3 is 2.77 bits per heavy atom. The van der Waals surface area contributed by atoms with Crippen molar-refractivity contribution in [2.45, 2.75) is 0 Å². The minimum atomic E-state index is -0.151. The van der Waals surface area contributed by atoms with Crippen LogP contribution in [-0.2, 0) is 0 Å². The van der Waals surface area contributed by atoms with E-state index in [4.69, 9.17) is 0 Å². The van der Waals surface area contributed by atoms with Crippen molar-refractivity contribution in [2.24, 2.45) is 0 Å². The molecule has 66 valence electrons. The van der Waals surface area contributed by atoms with E-state index in [1.807, 2.05) is 22.6 Å². The number of rotatable bonds is 1. The van der Waals surface area contributed by atoms with E-state index in [9.17, 15) is 4.79 Å². The molecule has 0 saturated carbocycles. The molecule has 0 spiro atoms. The SMILES string of the molecule is O=c1[nH]c(-c2ncc[nH]2)ncc1I. The molecule has 0 aliphatic heterocycles. The summed E-state index contributed by atoms with van der Waals surface area (Å²) in [5.74, 6) is 1.02. The lowest BCUT2D eigenvalue weighted by atomic mass is 10.5. The summed E-state index contributed by atoms with van der Waals surface area (Å²) in [4.78, 5) is 24.6. The Morgan fingerprint density at radius 2 is 2.15 bits per heavy atom. The zero-order chi connectivity index (χ0) is 9.26. The van der Waals surface area contributed by atoms with Crippen molar-refractivity contribution in [3.8, 4) is 11.6 Å². The Morgan fingerprint density at radius 1 is 1.31 bits per heavy atom. The van der Waals surface area contributed by atoms with Gasteiger partial charge in [0.2, 0.25) is 0 Å². The van der Waals surface area contributed by atoms with E-state index in [0.717, 1.165) is 0 Å². The normalized spacial score (nSPS) is 10.2. The molecule has 2 rings (SSSR count). The first-order valence-corrected chi connectivity index (χ1v) is 4.60. The van der Waals surface area contributed by atoms with Gasteiger partial charge >= 0.3 is 0 Å². The van der Waals surface area contributed by atoms with Gasteiger partial charge in [0.15, 0.2) is 11.6 Å². The van der Waals surface area contributed by atoms with Crippen LogP contribution in [-0.4, -0.2) is 19.9 Å². The van der Waals surface area contributed by atoms with Gasteiger partial charge in [0.25, 0.3) is 5.56 Å². The number of H-pyrrole nitrogens is 2. The molecule has 0 aliphatic carbocycles. The van der Waals surface area contributed by atoms with Crippen LogP contribution >= 0.6 is 22.6 Å². The zero-order valence-corrected chi connectivity index (χ0v) is 8.57. The minimum absolute atomic E-state index is 0.151. The number of imidazole rings is 1. The van der Waals surface area contributed by atoms with E-state index in [1.54, 1.807) is 12.4 Å². The maximum atomic E-state index is 11.2. The van der Waals surface area contributed by atoms with Crippen LogP contribution in [0.3, 0.4) is 0 Å². The van der Waals surface area contributed by atoms with Gasteiger partial charge in [-0.2, -0.15) is 0 Å². The van der Waals surface area contributed by atoms with Gasteiger partial charge in [-0.05, 0) is 22.6 Å². The Kier molecular flexibility index (Phi) is 2.13. The van der Waals surface area contributed by atoms with Crippen LogP contribution in [0.4, 0.5) is 0 Å². The van der Waals surface area contributed by atoms with Crippen LogP contribution in [0.1, 0.15) is 0 Å². The molecule has 2 aromatic rings. The molecule has 0 saturated heterocycles. The Balaban J connectivity index is 2.55. The van der Waals surface area contributed by atoms with Crippen LogP contribution in [0.25, 0.3) is 11.6 Å². The van der Waals surface area contributed by atoms with Crippen LogP contribution < -0.4 is 5.56 Å². The van der Waals surface area contributed by atoms with Gasteiger partial charge in [0, 0.05) is 18.6 Å². The molecule has 0 radical (unpaired) electrons. The molecule has 0 bridgehead atoms. The zero-order valence-electron chi connectivity index (χ0n) is 6.41. The highest BCUT2D eigenvalue weighted by Gasteiger charge is 2.03. The summed E-state index contributed by atoms with van der Waals surface area (Å²) < 4.78 is 0.563. The second-order valence-corrected chi connectivity index (χ2v) is 3.51. The molecule has 0 aliphatic rings. The summed E-state index contributed by atoms with van der Waals surface area (Å²) in [5.41, 5.74) is -0.151. The minimum Gasteiger partial charge on any atom is -0.342 e. The molecule has 0 amide bonds. The molecule has 0 atom stereocenters. The highest BCUT2D eigenvalue weighted by atomic mass is 127. The number of aromatic amines is 2. The standard InChI is InChI=1S/C7H5IN4O/c8-4-3-11-6(12-7(4)13)5-9-1-2-10-5/h1-3H,(H,9,10)(H,11,12,13). The first-order chi connectivity index (χ1) is 6.27. The Hall–Kier alpha value is -1.18. The van der Waals surface area contributed by atoms with Gasteiger partial charge < -0.3 is 9.97 Å². The monoisotopic (exact) mass is 288 g/mol. The van der Waals surface area contributed by atoms with Crippen molar-refractivity contribution in [1.29, 1.82) is 0 Å². The van der Waals surface area contributed by atoms with E-state index in [-0.39, 0.29) is 5.56 Å². The predicted octanol–water partition coefficient (Wildman–Crippen LogP) is 0.765. The quantitative estimate of drug-likeness (QED) is 0.761. The van der Waals surface area contributed by atoms with E-state index in [1.165, 1.54) is 6.20 Å². The average Bonchev–Trinajstić information content (AvgIpc) is 2.62. The first-order valence-electron chi connectivity index (χ1n) is 3.52. The molecule has 13 heavy (non-hydrogen) atoms. The van der Waals surface area contributed by atoms with E-state index < -0.39 is 0 Å². The highest BCUT2D eigenvalue weighted by molar-refractivity contribution is 14.1. The molecule has 6 heteroatoms. The molecular weight excluding hydrogens is 283 g/mol. The smallest absolute Gasteiger partial charge is 0.264 e. The third-order valence-electron chi connectivity index (χ3n) is 1.48. The summed E-state index contributed by atoms with van der Waals surface area (Å²) in [6.07, 6.45) is 4.79. The molecule has 2 heterocycles. The lowest BCUT2D eigenvalue weighted by molar-refractivity contribution is 1.07. The number of nitrogens with one attached hydrogen (secondary N) is 2. The average molecular weight is 288 g/mol. The Labute approximate surface area is 86.8 Å². The van der Waals surface area contributed by atoms with Gasteiger partial charge in [-0.3, -0.25) is 4.79 Å². The maximum Gasteiger partial charge on any atom is 0.264 e. The molecule has 0 fully saturated rings. The van der Waals surface area contributed by atoms with Gasteiger partial charge in [0.05, 0.1) is 3.57 Å². The van der Waals surface area contributed by atoms with Crippen molar-refractivity contribution in [3.63, 3.8) is 0 Å². The fraction of sp³-hybridized carbons (Fsp3) is 0. The van der Waals surface area contributed by atoms with Gasteiger partial charge in [-0.25, -0.2) is 9.97 Å². The number of aromatic nitrogens is 4. The van der Waals surface area contributed by atoms with Crippen LogP contribution in [0.2, 0.25) is 0 Å². The molecule has 0 unspecified atom stereocenters. The van der Waals surface area contributed by atoms with Crippen LogP contribution in [0, 0.1) is 3.57 Å². The molecule has 0 aromatic carbocycles. The van der Waals surface area contributed by atoms with Crippen molar-refractivity contribution >= 4 is 22.6 Å². The molecule has 2 aromatic heterocycles. The number of nitrogens with zero attached hydrogens (tertiary/aromatic N) is 2. The lowest BCUT2D eigenvalue weighted by Gasteiger charge is -1.94. The summed E-state index contributed by atoms with van der Waals surface area (Å²) in [6.45, 7) is 0. The largest absolute Gasteiger partial charge is 0.342 e. The second kappa shape index (κ2) is 3.29. The molecule has 2 N–H and O–H groups in total. The highest BCUT2D eigenvalue weighted by Crippen LogP contribution is 2.05. The third-order valence-corrected chi connectivity index (χ3v) is 2.25. The Bertz CT molecular complexity index is 462. The summed E-state index contributed by atoms with van der Waals surface area (Å²) in [6, 6.07) is 0. The number of hydrogen-bond acceptors (Lipinski definition) is 3. The van der Waals surface area contributed by atoms with Crippen molar-refractivity contribution in [3.05, 3.63) is 32.5 Å². The fourth-order valence-electron chi connectivity index (χ4n) is 0.894. The van der Waals surface area contributed by atoms with Crippen molar-refractivity contribution in [1.82, 2.24) is 19.9 Å². The third kappa shape index (κ3) is 1.62. The summed E-state index contributed by atoms with van der Waals surface area (Å²) in [5, 5.41) is 0. The van der Waals surface area contributed by atoms with E-state index in [0.29, 0.717) is 15.2 Å². The topological polar surface area (TPSA) is 74.4 Å². The first kappa shape index (κ1) is 8.42. The van der Waals surface area contributed by atoms with E-state index >= 15 is 0 Å². The fourth-order valence-corrected chi connectivity index (χ4v) is 1.17. The van der Waals surface area contributed by atoms with E-state index in [2.05, 4.69) is 19.9 Å². The van der Waals surface area contributed by atoms with Gasteiger partial charge in [-0.1, -0.05) is 0 Å². The predicted molar refractivity (Wildman–Crippen MR) is 55.2 cm³/mol. The van der Waals surface area contributed by atoms with Gasteiger partial charge in [0.1, 0.15) is 0 Å². The number of halogens is 1. The maximum absolute atomic E-state index is 11.2. The van der Waals surface area contributed by atoms with Crippen molar-refractivity contribution in [2.75, 3.05) is 0 Å². The molecular formula is C7H5IN4O. The van der Waals surface area contributed by atoms with Crippen LogP contribution in [0.15, 0.2) is 23.4 Å². The van der Waals surface area contributed by atoms with Gasteiger partial charge in [-0.15, -0.1) is 0 Å². The van der Waals surface area contributed by atoms with Crippen molar-refractivity contribution < 1.29 is 0 Å². The van der Waals surface area contributed by atoms with Crippen LogP contribution in [0.5, 0.6) is 0 Å². The lowest BCUT2D eigenvalue weighted by Crippen LogP contribution is -2.11.